The van der Waals surface area contributed by atoms with Gasteiger partial charge in [0, 0.05) is 12.7 Å². The van der Waals surface area contributed by atoms with Gasteiger partial charge in [0.25, 0.3) is 0 Å². The third-order valence-electron chi connectivity index (χ3n) is 2.18. The molecular weight excluding hydrogens is 136 g/mol. The van der Waals surface area contributed by atoms with E-state index in [1.165, 1.54) is 24.1 Å². The number of nitrogens with zero attached hydrogens (tertiary/aromatic N) is 2. The van der Waals surface area contributed by atoms with Crippen LogP contribution in [0.2, 0.25) is 0 Å². The molecule has 0 saturated carbocycles. The van der Waals surface area contributed by atoms with E-state index in [1.54, 1.807) is 0 Å². The molecule has 0 spiro atoms. The maximum atomic E-state index is 4.22. The largest absolute Gasteiger partial charge is 0.265 e. The molecule has 0 bridgehead atoms. The first-order chi connectivity index (χ1) is 5.38. The van der Waals surface area contributed by atoms with Gasteiger partial charge in [-0.25, -0.2) is 0 Å². The van der Waals surface area contributed by atoms with Crippen LogP contribution in [0.1, 0.15) is 25.0 Å². The Kier molecular flexibility index (Phi) is 1.53. The smallest absolute Gasteiger partial charge is 0.0635 e. The highest BCUT2D eigenvalue weighted by Crippen LogP contribution is 2.22. The zero-order chi connectivity index (χ0) is 7.68. The van der Waals surface area contributed by atoms with Crippen LogP contribution >= 0.6 is 0 Å². The number of hydrogen-bond donors (Lipinski definition) is 0. The SMILES string of the molecule is C=C1CCCCn2nccc21. The van der Waals surface area contributed by atoms with Crippen LogP contribution < -0.4 is 0 Å². The van der Waals surface area contributed by atoms with Crippen LogP contribution in [-0.4, -0.2) is 9.78 Å². The minimum Gasteiger partial charge on any atom is -0.265 e. The molecule has 0 atom stereocenters. The number of allylic oxidation sites excluding steroid dienone is 1. The summed E-state index contributed by atoms with van der Waals surface area (Å²) < 4.78 is 2.05. The predicted octanol–water partition coefficient (Wildman–Crippen LogP) is 2.08. The van der Waals surface area contributed by atoms with Crippen molar-refractivity contribution in [1.82, 2.24) is 9.78 Å². The first kappa shape index (κ1) is 6.65. The lowest BCUT2D eigenvalue weighted by atomic mass is 10.1. The van der Waals surface area contributed by atoms with E-state index in [4.69, 9.17) is 0 Å². The van der Waals surface area contributed by atoms with Crippen molar-refractivity contribution < 1.29 is 0 Å². The summed E-state index contributed by atoms with van der Waals surface area (Å²) in [6, 6.07) is 2.05. The Hall–Kier alpha value is -1.05. The molecule has 2 nitrogen and oxygen atoms in total. The molecule has 58 valence electrons. The molecule has 0 saturated heterocycles. The van der Waals surface area contributed by atoms with Gasteiger partial charge in [-0.15, -0.1) is 0 Å². The standard InChI is InChI=1S/C9H12N2/c1-8-4-2-3-7-11-9(8)5-6-10-11/h5-6H,1-4,7H2. The van der Waals surface area contributed by atoms with Crippen LogP contribution in [0, 0.1) is 0 Å². The second-order valence-corrected chi connectivity index (χ2v) is 3.00. The summed E-state index contributed by atoms with van der Waals surface area (Å²) in [4.78, 5) is 0. The maximum Gasteiger partial charge on any atom is 0.0635 e. The van der Waals surface area contributed by atoms with Crippen molar-refractivity contribution in [2.24, 2.45) is 0 Å². The van der Waals surface area contributed by atoms with E-state index < -0.39 is 0 Å². The lowest BCUT2D eigenvalue weighted by Crippen LogP contribution is -2.00. The lowest BCUT2D eigenvalue weighted by molar-refractivity contribution is 0.576. The van der Waals surface area contributed by atoms with E-state index in [1.807, 2.05) is 12.3 Å². The molecule has 1 aromatic heterocycles. The van der Waals surface area contributed by atoms with Gasteiger partial charge in [-0.2, -0.15) is 5.10 Å². The van der Waals surface area contributed by atoms with Crippen molar-refractivity contribution in [1.29, 1.82) is 0 Å². The quantitative estimate of drug-likeness (QED) is 0.550. The van der Waals surface area contributed by atoms with E-state index in [0.717, 1.165) is 13.0 Å². The third-order valence-corrected chi connectivity index (χ3v) is 2.18. The average molecular weight is 148 g/mol. The Balaban J connectivity index is 2.41. The van der Waals surface area contributed by atoms with Crippen molar-refractivity contribution in [3.8, 4) is 0 Å². The number of aryl methyl sites for hydroxylation is 1. The number of hydrogen-bond acceptors (Lipinski definition) is 1. The second-order valence-electron chi connectivity index (χ2n) is 3.00. The average Bonchev–Trinajstić information content (AvgIpc) is 2.40. The minimum absolute atomic E-state index is 1.06. The summed E-state index contributed by atoms with van der Waals surface area (Å²) in [6.45, 7) is 5.08. The molecule has 0 unspecified atom stereocenters. The Morgan fingerprint density at radius 3 is 3.27 bits per heavy atom. The lowest BCUT2D eigenvalue weighted by Gasteiger charge is -2.01. The summed E-state index contributed by atoms with van der Waals surface area (Å²) in [5.41, 5.74) is 2.46. The number of rotatable bonds is 0. The molecule has 2 heteroatoms. The van der Waals surface area contributed by atoms with Gasteiger partial charge in [-0.05, 0) is 30.9 Å². The van der Waals surface area contributed by atoms with Crippen molar-refractivity contribution in [2.75, 3.05) is 0 Å². The summed E-state index contributed by atoms with van der Waals surface area (Å²) in [5, 5.41) is 4.22. The predicted molar refractivity (Wildman–Crippen MR) is 45.1 cm³/mol. The summed E-state index contributed by atoms with van der Waals surface area (Å²) in [7, 11) is 0. The molecule has 1 aliphatic heterocycles. The van der Waals surface area contributed by atoms with Crippen LogP contribution in [0.4, 0.5) is 0 Å². The van der Waals surface area contributed by atoms with Crippen LogP contribution in [0.25, 0.3) is 5.57 Å². The fourth-order valence-electron chi connectivity index (χ4n) is 1.54. The maximum absolute atomic E-state index is 4.22. The number of fused-ring (bicyclic) bond motifs is 1. The molecule has 2 rings (SSSR count). The summed E-state index contributed by atoms with van der Waals surface area (Å²) in [5.74, 6) is 0. The molecule has 0 fully saturated rings. The van der Waals surface area contributed by atoms with E-state index in [0.29, 0.717) is 0 Å². The van der Waals surface area contributed by atoms with E-state index >= 15 is 0 Å². The van der Waals surface area contributed by atoms with Crippen LogP contribution in [0.5, 0.6) is 0 Å². The van der Waals surface area contributed by atoms with Crippen molar-refractivity contribution in [3.05, 3.63) is 24.5 Å². The zero-order valence-electron chi connectivity index (χ0n) is 6.58. The highest BCUT2D eigenvalue weighted by atomic mass is 15.3. The molecule has 0 radical (unpaired) electrons. The highest BCUT2D eigenvalue weighted by Gasteiger charge is 2.09. The molecule has 1 aliphatic rings. The summed E-state index contributed by atoms with van der Waals surface area (Å²) >= 11 is 0. The Morgan fingerprint density at radius 1 is 1.45 bits per heavy atom. The molecule has 0 N–H and O–H groups in total. The Bertz CT molecular complexity index is 273. The molecule has 0 aromatic carbocycles. The van der Waals surface area contributed by atoms with Crippen molar-refractivity contribution in [2.45, 2.75) is 25.8 Å². The minimum atomic E-state index is 1.06. The fourth-order valence-corrected chi connectivity index (χ4v) is 1.54. The van der Waals surface area contributed by atoms with Gasteiger partial charge < -0.3 is 0 Å². The van der Waals surface area contributed by atoms with Gasteiger partial charge in [0.05, 0.1) is 5.69 Å². The monoisotopic (exact) mass is 148 g/mol. The van der Waals surface area contributed by atoms with Gasteiger partial charge in [-0.3, -0.25) is 4.68 Å². The molecule has 0 aliphatic carbocycles. The van der Waals surface area contributed by atoms with Gasteiger partial charge >= 0.3 is 0 Å². The first-order valence-corrected chi connectivity index (χ1v) is 4.08. The highest BCUT2D eigenvalue weighted by molar-refractivity contribution is 5.60. The summed E-state index contributed by atoms with van der Waals surface area (Å²) in [6.07, 6.45) is 5.47. The van der Waals surface area contributed by atoms with Gasteiger partial charge in [-0.1, -0.05) is 6.58 Å². The topological polar surface area (TPSA) is 17.8 Å². The van der Waals surface area contributed by atoms with Crippen molar-refractivity contribution in [3.63, 3.8) is 0 Å². The fraction of sp³-hybridized carbons (Fsp3) is 0.444. The molecule has 1 aromatic rings. The normalized spacial score (nSPS) is 17.6. The van der Waals surface area contributed by atoms with Crippen LogP contribution in [-0.2, 0) is 6.54 Å². The Morgan fingerprint density at radius 2 is 2.36 bits per heavy atom. The van der Waals surface area contributed by atoms with Crippen LogP contribution in [0.3, 0.4) is 0 Å². The van der Waals surface area contributed by atoms with Gasteiger partial charge in [0.15, 0.2) is 0 Å². The number of aromatic nitrogens is 2. The molecule has 2 heterocycles. The molecular formula is C9H12N2. The third kappa shape index (κ3) is 1.09. The second kappa shape index (κ2) is 2.53. The van der Waals surface area contributed by atoms with E-state index in [9.17, 15) is 0 Å². The Labute approximate surface area is 66.5 Å². The van der Waals surface area contributed by atoms with Gasteiger partial charge in [0.2, 0.25) is 0 Å². The molecule has 0 amide bonds. The van der Waals surface area contributed by atoms with E-state index in [2.05, 4.69) is 16.4 Å². The van der Waals surface area contributed by atoms with Gasteiger partial charge in [0.1, 0.15) is 0 Å². The van der Waals surface area contributed by atoms with Crippen molar-refractivity contribution >= 4 is 5.57 Å². The van der Waals surface area contributed by atoms with Crippen LogP contribution in [0.15, 0.2) is 18.8 Å². The zero-order valence-corrected chi connectivity index (χ0v) is 6.58. The molecule has 11 heavy (non-hydrogen) atoms. The first-order valence-electron chi connectivity index (χ1n) is 4.08. The van der Waals surface area contributed by atoms with E-state index in [-0.39, 0.29) is 0 Å².